The van der Waals surface area contributed by atoms with Crippen LogP contribution in [0.5, 0.6) is 11.5 Å². The van der Waals surface area contributed by atoms with E-state index in [0.717, 1.165) is 33.5 Å². The predicted molar refractivity (Wildman–Crippen MR) is 62.2 cm³/mol. The van der Waals surface area contributed by atoms with Gasteiger partial charge in [0.2, 0.25) is 6.79 Å². The first-order chi connectivity index (χ1) is 7.15. The van der Waals surface area contributed by atoms with Crippen LogP contribution >= 0.6 is 15.9 Å². The van der Waals surface area contributed by atoms with Crippen molar-refractivity contribution in [3.63, 3.8) is 0 Å². The molecule has 2 rings (SSSR count). The molecular formula is C11H14BrNO2. The molecule has 1 aliphatic heterocycles. The summed E-state index contributed by atoms with van der Waals surface area (Å²) in [5, 5.41) is 0. The Kier molecular flexibility index (Phi) is 2.89. The van der Waals surface area contributed by atoms with Crippen LogP contribution in [0, 0.1) is 0 Å². The summed E-state index contributed by atoms with van der Waals surface area (Å²) in [7, 11) is 0. The number of fused-ring (bicyclic) bond motifs is 1. The summed E-state index contributed by atoms with van der Waals surface area (Å²) in [6.45, 7) is 4.36. The first kappa shape index (κ1) is 10.8. The Balaban J connectivity index is 2.63. The molecule has 4 heteroatoms. The molecule has 82 valence electrons. The molecule has 2 N–H and O–H groups in total. The van der Waals surface area contributed by atoms with Crippen LogP contribution in [0.3, 0.4) is 0 Å². The number of rotatable bonds is 2. The molecule has 1 aromatic carbocycles. The normalized spacial score (nSPS) is 15.5. The van der Waals surface area contributed by atoms with Gasteiger partial charge in [-0.1, -0.05) is 6.92 Å². The van der Waals surface area contributed by atoms with Crippen LogP contribution in [0.2, 0.25) is 0 Å². The monoisotopic (exact) mass is 271 g/mol. The van der Waals surface area contributed by atoms with Gasteiger partial charge in [-0.3, -0.25) is 0 Å². The van der Waals surface area contributed by atoms with Crippen LogP contribution in [0.4, 0.5) is 0 Å². The molecule has 0 bridgehead atoms. The van der Waals surface area contributed by atoms with Crippen molar-refractivity contribution in [3.8, 4) is 11.5 Å². The molecule has 1 atom stereocenters. The van der Waals surface area contributed by atoms with E-state index >= 15 is 0 Å². The average molecular weight is 272 g/mol. The molecule has 0 aromatic heterocycles. The number of hydrogen-bond donors (Lipinski definition) is 1. The van der Waals surface area contributed by atoms with Gasteiger partial charge >= 0.3 is 0 Å². The molecular weight excluding hydrogens is 258 g/mol. The maximum absolute atomic E-state index is 5.94. The molecule has 0 saturated heterocycles. The quantitative estimate of drug-likeness (QED) is 0.900. The van der Waals surface area contributed by atoms with Gasteiger partial charge in [-0.25, -0.2) is 0 Å². The zero-order chi connectivity index (χ0) is 11.0. The molecule has 3 nitrogen and oxygen atoms in total. The predicted octanol–water partition coefficient (Wildman–Crippen LogP) is 2.76. The highest BCUT2D eigenvalue weighted by Crippen LogP contribution is 2.44. The smallest absolute Gasteiger partial charge is 0.231 e. The molecule has 1 unspecified atom stereocenters. The first-order valence-electron chi connectivity index (χ1n) is 5.01. The lowest BCUT2D eigenvalue weighted by atomic mass is 9.98. The summed E-state index contributed by atoms with van der Waals surface area (Å²) in [5.41, 5.74) is 8.21. The molecule has 0 radical (unpaired) electrons. The van der Waals surface area contributed by atoms with Crippen molar-refractivity contribution in [2.75, 3.05) is 6.79 Å². The lowest BCUT2D eigenvalue weighted by Gasteiger charge is -2.14. The second-order valence-electron chi connectivity index (χ2n) is 3.63. The Hall–Kier alpha value is -0.740. The van der Waals surface area contributed by atoms with E-state index in [1.807, 2.05) is 13.0 Å². The third kappa shape index (κ3) is 1.72. The van der Waals surface area contributed by atoms with Crippen molar-refractivity contribution < 1.29 is 9.47 Å². The van der Waals surface area contributed by atoms with Gasteiger partial charge in [-0.2, -0.15) is 0 Å². The fraction of sp³-hybridized carbons (Fsp3) is 0.455. The second-order valence-corrected chi connectivity index (χ2v) is 4.49. The topological polar surface area (TPSA) is 44.5 Å². The van der Waals surface area contributed by atoms with E-state index in [1.165, 1.54) is 0 Å². The van der Waals surface area contributed by atoms with Crippen LogP contribution in [0.15, 0.2) is 10.5 Å². The van der Waals surface area contributed by atoms with Gasteiger partial charge in [0.25, 0.3) is 0 Å². The molecule has 0 spiro atoms. The molecule has 0 saturated carbocycles. The Labute approximate surface area is 97.7 Å². The van der Waals surface area contributed by atoms with Crippen LogP contribution in [-0.4, -0.2) is 6.79 Å². The average Bonchev–Trinajstić information content (AvgIpc) is 2.66. The highest BCUT2D eigenvalue weighted by molar-refractivity contribution is 9.10. The molecule has 0 fully saturated rings. The van der Waals surface area contributed by atoms with E-state index in [9.17, 15) is 0 Å². The Morgan fingerprint density at radius 2 is 2.13 bits per heavy atom. The number of benzene rings is 1. The van der Waals surface area contributed by atoms with E-state index in [2.05, 4.69) is 22.9 Å². The minimum Gasteiger partial charge on any atom is -0.453 e. The summed E-state index contributed by atoms with van der Waals surface area (Å²) in [6, 6.07) is 2.03. The summed E-state index contributed by atoms with van der Waals surface area (Å²) in [6.07, 6.45) is 0.899. The van der Waals surface area contributed by atoms with Crippen molar-refractivity contribution in [3.05, 3.63) is 21.7 Å². The van der Waals surface area contributed by atoms with Gasteiger partial charge in [0.15, 0.2) is 11.5 Å². The van der Waals surface area contributed by atoms with Gasteiger partial charge in [-0.05, 0) is 40.9 Å². The van der Waals surface area contributed by atoms with Gasteiger partial charge in [0.1, 0.15) is 0 Å². The SMILES string of the molecule is CCc1c(C(C)N)cc(Br)c2c1OCO2. The lowest BCUT2D eigenvalue weighted by Crippen LogP contribution is -2.08. The van der Waals surface area contributed by atoms with Crippen LogP contribution < -0.4 is 15.2 Å². The van der Waals surface area contributed by atoms with E-state index in [4.69, 9.17) is 15.2 Å². The Bertz CT molecular complexity index is 391. The van der Waals surface area contributed by atoms with Gasteiger partial charge in [-0.15, -0.1) is 0 Å². The van der Waals surface area contributed by atoms with Crippen molar-refractivity contribution in [2.45, 2.75) is 26.3 Å². The number of halogens is 1. The molecule has 1 heterocycles. The highest BCUT2D eigenvalue weighted by Gasteiger charge is 2.24. The minimum atomic E-state index is 0.00532. The third-order valence-electron chi connectivity index (χ3n) is 2.58. The van der Waals surface area contributed by atoms with Gasteiger partial charge in [0.05, 0.1) is 4.47 Å². The van der Waals surface area contributed by atoms with E-state index < -0.39 is 0 Å². The Morgan fingerprint density at radius 3 is 2.73 bits per heavy atom. The molecule has 1 aromatic rings. The second kappa shape index (κ2) is 4.02. The molecule has 1 aliphatic rings. The van der Waals surface area contributed by atoms with Crippen LogP contribution in [0.1, 0.15) is 31.0 Å². The number of nitrogens with two attached hydrogens (primary N) is 1. The maximum Gasteiger partial charge on any atom is 0.231 e. The molecule has 0 aliphatic carbocycles. The minimum absolute atomic E-state index is 0.00532. The van der Waals surface area contributed by atoms with Crippen LogP contribution in [0.25, 0.3) is 0 Å². The first-order valence-corrected chi connectivity index (χ1v) is 5.80. The van der Waals surface area contributed by atoms with Crippen molar-refractivity contribution in [2.24, 2.45) is 5.73 Å². The van der Waals surface area contributed by atoms with Gasteiger partial charge < -0.3 is 15.2 Å². The summed E-state index contributed by atoms with van der Waals surface area (Å²) >= 11 is 3.47. The van der Waals surface area contributed by atoms with Gasteiger partial charge in [0, 0.05) is 11.6 Å². The van der Waals surface area contributed by atoms with Crippen molar-refractivity contribution in [1.82, 2.24) is 0 Å². The number of ether oxygens (including phenoxy) is 2. The third-order valence-corrected chi connectivity index (χ3v) is 3.17. The van der Waals surface area contributed by atoms with E-state index in [1.54, 1.807) is 0 Å². The molecule has 15 heavy (non-hydrogen) atoms. The highest BCUT2D eigenvalue weighted by atomic mass is 79.9. The lowest BCUT2D eigenvalue weighted by molar-refractivity contribution is 0.172. The van der Waals surface area contributed by atoms with E-state index in [0.29, 0.717) is 6.79 Å². The summed E-state index contributed by atoms with van der Waals surface area (Å²) in [4.78, 5) is 0. The van der Waals surface area contributed by atoms with Crippen molar-refractivity contribution in [1.29, 1.82) is 0 Å². The maximum atomic E-state index is 5.94. The summed E-state index contributed by atoms with van der Waals surface area (Å²) in [5.74, 6) is 1.65. The summed E-state index contributed by atoms with van der Waals surface area (Å²) < 4.78 is 11.8. The molecule has 0 amide bonds. The zero-order valence-corrected chi connectivity index (χ0v) is 10.4. The van der Waals surface area contributed by atoms with Crippen molar-refractivity contribution >= 4 is 15.9 Å². The van der Waals surface area contributed by atoms with E-state index in [-0.39, 0.29) is 6.04 Å². The standard InChI is InChI=1S/C11H14BrNO2/c1-3-7-8(6(2)13)4-9(12)11-10(7)14-5-15-11/h4,6H,3,5,13H2,1-2H3. The fourth-order valence-corrected chi connectivity index (χ4v) is 2.41. The van der Waals surface area contributed by atoms with Crippen LogP contribution in [-0.2, 0) is 6.42 Å². The fourth-order valence-electron chi connectivity index (χ4n) is 1.87. The largest absolute Gasteiger partial charge is 0.453 e. The zero-order valence-electron chi connectivity index (χ0n) is 8.84. The number of hydrogen-bond acceptors (Lipinski definition) is 3. The Morgan fingerprint density at radius 1 is 1.47 bits per heavy atom.